The number of esters is 2. The van der Waals surface area contributed by atoms with Gasteiger partial charge in [-0.1, -0.05) is 30.3 Å². The second kappa shape index (κ2) is 10.1. The Morgan fingerprint density at radius 2 is 1.83 bits per heavy atom. The lowest BCUT2D eigenvalue weighted by Crippen LogP contribution is -2.67. The van der Waals surface area contributed by atoms with Crippen LogP contribution in [-0.4, -0.2) is 35.8 Å². The summed E-state index contributed by atoms with van der Waals surface area (Å²) in [5.41, 5.74) is 3.86. The Bertz CT molecular complexity index is 861. The number of carbonyl (C=O) groups is 2. The highest BCUT2D eigenvalue weighted by Gasteiger charge is 2.45. The topological polar surface area (TPSA) is 92.8 Å². The molecule has 1 atom stereocenters. The summed E-state index contributed by atoms with van der Waals surface area (Å²) in [5.74, 6) is -0.0244. The number of hydrogen-bond donors (Lipinski definition) is 2. The van der Waals surface area contributed by atoms with Crippen molar-refractivity contribution in [2.75, 3.05) is 23.5 Å². The Morgan fingerprint density at radius 1 is 1.07 bits per heavy atom. The SMILES string of the molecule is CCOC(=O)CCCC1(C(=O)OCC)Nc2cccnc2N(Cc2ccccc2)N1. The van der Waals surface area contributed by atoms with E-state index in [1.54, 1.807) is 20.0 Å². The number of pyridine rings is 1. The predicted octanol–water partition coefficient (Wildman–Crippen LogP) is 3.01. The minimum Gasteiger partial charge on any atom is -0.466 e. The molecule has 1 aromatic carbocycles. The number of ether oxygens (including phenoxy) is 2. The first-order chi connectivity index (χ1) is 14.6. The van der Waals surface area contributed by atoms with E-state index in [-0.39, 0.29) is 19.0 Å². The first-order valence-corrected chi connectivity index (χ1v) is 10.2. The van der Waals surface area contributed by atoms with Crippen LogP contribution < -0.4 is 15.8 Å². The van der Waals surface area contributed by atoms with E-state index in [2.05, 4.69) is 15.7 Å². The van der Waals surface area contributed by atoms with Gasteiger partial charge in [0.2, 0.25) is 5.66 Å². The van der Waals surface area contributed by atoms with Gasteiger partial charge in [-0.2, -0.15) is 5.43 Å². The summed E-state index contributed by atoms with van der Waals surface area (Å²) in [7, 11) is 0. The monoisotopic (exact) mass is 412 g/mol. The smallest absolute Gasteiger partial charge is 0.348 e. The van der Waals surface area contributed by atoms with Crippen LogP contribution in [0.25, 0.3) is 0 Å². The molecule has 0 amide bonds. The van der Waals surface area contributed by atoms with Gasteiger partial charge >= 0.3 is 11.9 Å². The third-order valence-corrected chi connectivity index (χ3v) is 4.76. The number of hydrogen-bond acceptors (Lipinski definition) is 8. The second-order valence-electron chi connectivity index (χ2n) is 6.97. The number of rotatable bonds is 9. The molecule has 0 bridgehead atoms. The van der Waals surface area contributed by atoms with E-state index in [9.17, 15) is 9.59 Å². The minimum absolute atomic E-state index is 0.219. The summed E-state index contributed by atoms with van der Waals surface area (Å²) >= 11 is 0. The highest BCUT2D eigenvalue weighted by molar-refractivity contribution is 5.87. The van der Waals surface area contributed by atoms with E-state index in [0.717, 1.165) is 11.3 Å². The van der Waals surface area contributed by atoms with E-state index in [4.69, 9.17) is 9.47 Å². The van der Waals surface area contributed by atoms with E-state index in [0.29, 0.717) is 31.8 Å². The highest BCUT2D eigenvalue weighted by Crippen LogP contribution is 2.33. The van der Waals surface area contributed by atoms with E-state index in [1.165, 1.54) is 0 Å². The summed E-state index contributed by atoms with van der Waals surface area (Å²) in [4.78, 5) is 29.3. The van der Waals surface area contributed by atoms with Gasteiger partial charge in [0.05, 0.1) is 25.4 Å². The molecule has 1 aliphatic rings. The van der Waals surface area contributed by atoms with Crippen LogP contribution in [0.3, 0.4) is 0 Å². The molecule has 0 saturated heterocycles. The Kier molecular flexibility index (Phi) is 7.24. The number of fused-ring (bicyclic) bond motifs is 1. The Balaban J connectivity index is 1.87. The standard InChI is InChI=1S/C22H28N4O4/c1-3-29-19(27)13-8-14-22(21(28)30-4-2)24-18-12-9-15-23-20(18)26(25-22)16-17-10-6-5-7-11-17/h5-7,9-12,15,24-25H,3-4,8,13-14,16H2,1-2H3. The lowest BCUT2D eigenvalue weighted by atomic mass is 10.0. The third-order valence-electron chi connectivity index (χ3n) is 4.76. The Labute approximate surface area is 176 Å². The van der Waals surface area contributed by atoms with Gasteiger partial charge < -0.3 is 14.8 Å². The van der Waals surface area contributed by atoms with Gasteiger partial charge in [-0.3, -0.25) is 9.80 Å². The van der Waals surface area contributed by atoms with Crippen molar-refractivity contribution < 1.29 is 19.1 Å². The zero-order chi connectivity index (χ0) is 21.4. The molecule has 160 valence electrons. The van der Waals surface area contributed by atoms with Crippen LogP contribution in [0.4, 0.5) is 11.5 Å². The molecule has 2 heterocycles. The summed E-state index contributed by atoms with van der Waals surface area (Å²) < 4.78 is 10.4. The summed E-state index contributed by atoms with van der Waals surface area (Å²) in [6.45, 7) is 4.63. The normalized spacial score (nSPS) is 17.6. The first kappa shape index (κ1) is 21.6. The maximum absolute atomic E-state index is 13.0. The zero-order valence-corrected chi connectivity index (χ0v) is 17.4. The number of nitrogens with one attached hydrogen (secondary N) is 2. The number of anilines is 2. The van der Waals surface area contributed by atoms with E-state index < -0.39 is 11.6 Å². The van der Waals surface area contributed by atoms with Gasteiger partial charge in [0.15, 0.2) is 5.82 Å². The molecule has 0 spiro atoms. The second-order valence-corrected chi connectivity index (χ2v) is 6.97. The molecule has 8 heteroatoms. The third kappa shape index (κ3) is 5.07. The largest absolute Gasteiger partial charge is 0.466 e. The molecule has 1 aromatic heterocycles. The van der Waals surface area contributed by atoms with Crippen molar-refractivity contribution in [3.05, 3.63) is 54.2 Å². The molecule has 0 saturated carbocycles. The summed E-state index contributed by atoms with van der Waals surface area (Å²) in [6.07, 6.45) is 2.71. The molecule has 0 fully saturated rings. The van der Waals surface area contributed by atoms with Crippen molar-refractivity contribution in [1.29, 1.82) is 0 Å². The number of carbonyl (C=O) groups excluding carboxylic acids is 2. The lowest BCUT2D eigenvalue weighted by molar-refractivity contribution is -0.151. The fraction of sp³-hybridized carbons (Fsp3) is 0.409. The lowest BCUT2D eigenvalue weighted by Gasteiger charge is -2.44. The van der Waals surface area contributed by atoms with E-state index >= 15 is 0 Å². The molecule has 2 N–H and O–H groups in total. The molecular formula is C22H28N4O4. The number of nitrogens with zero attached hydrogens (tertiary/aromatic N) is 2. The van der Waals surface area contributed by atoms with Gasteiger partial charge in [-0.25, -0.2) is 9.78 Å². The molecule has 30 heavy (non-hydrogen) atoms. The maximum Gasteiger partial charge on any atom is 0.348 e. The van der Waals surface area contributed by atoms with Crippen molar-refractivity contribution in [3.8, 4) is 0 Å². The Hall–Kier alpha value is -3.13. The van der Waals surface area contributed by atoms with Gasteiger partial charge in [-0.05, 0) is 44.4 Å². The van der Waals surface area contributed by atoms with Gasteiger partial charge in [0.1, 0.15) is 0 Å². The average molecular weight is 412 g/mol. The van der Waals surface area contributed by atoms with Crippen LogP contribution >= 0.6 is 0 Å². The maximum atomic E-state index is 13.0. The van der Waals surface area contributed by atoms with Crippen molar-refractivity contribution in [3.63, 3.8) is 0 Å². The Morgan fingerprint density at radius 3 is 2.57 bits per heavy atom. The number of hydrazine groups is 1. The van der Waals surface area contributed by atoms with Crippen LogP contribution in [0.15, 0.2) is 48.7 Å². The summed E-state index contributed by atoms with van der Waals surface area (Å²) in [5, 5.41) is 5.12. The van der Waals surface area contributed by atoms with Gasteiger partial charge in [0, 0.05) is 12.6 Å². The van der Waals surface area contributed by atoms with Crippen LogP contribution in [0.5, 0.6) is 0 Å². The van der Waals surface area contributed by atoms with Crippen molar-refractivity contribution in [1.82, 2.24) is 10.4 Å². The van der Waals surface area contributed by atoms with E-state index in [1.807, 2.05) is 47.5 Å². The van der Waals surface area contributed by atoms with Crippen molar-refractivity contribution in [2.45, 2.75) is 45.3 Å². The fourth-order valence-electron chi connectivity index (χ4n) is 3.43. The highest BCUT2D eigenvalue weighted by atomic mass is 16.5. The van der Waals surface area contributed by atoms with Crippen molar-refractivity contribution in [2.24, 2.45) is 0 Å². The fourth-order valence-corrected chi connectivity index (χ4v) is 3.43. The van der Waals surface area contributed by atoms with Crippen LogP contribution in [0.1, 0.15) is 38.7 Å². The van der Waals surface area contributed by atoms with Gasteiger partial charge in [-0.15, -0.1) is 0 Å². The van der Waals surface area contributed by atoms with Crippen LogP contribution in [0.2, 0.25) is 0 Å². The molecule has 1 unspecified atom stereocenters. The predicted molar refractivity (Wildman–Crippen MR) is 113 cm³/mol. The quantitative estimate of drug-likeness (QED) is 0.607. The molecule has 0 aliphatic carbocycles. The van der Waals surface area contributed by atoms with Crippen LogP contribution in [0, 0.1) is 0 Å². The molecule has 3 rings (SSSR count). The molecular weight excluding hydrogens is 384 g/mol. The summed E-state index contributed by atoms with van der Waals surface area (Å²) in [6, 6.07) is 13.6. The molecule has 1 aliphatic heterocycles. The number of aromatic nitrogens is 1. The average Bonchev–Trinajstić information content (AvgIpc) is 2.75. The zero-order valence-electron chi connectivity index (χ0n) is 17.4. The van der Waals surface area contributed by atoms with Crippen molar-refractivity contribution >= 4 is 23.4 Å². The minimum atomic E-state index is -1.21. The van der Waals surface area contributed by atoms with Crippen LogP contribution in [-0.2, 0) is 25.6 Å². The molecule has 0 radical (unpaired) electrons. The molecule has 8 nitrogen and oxygen atoms in total. The number of benzene rings is 1. The first-order valence-electron chi connectivity index (χ1n) is 10.2. The molecule has 2 aromatic rings. The van der Waals surface area contributed by atoms with Gasteiger partial charge in [0.25, 0.3) is 0 Å².